The van der Waals surface area contributed by atoms with Crippen LogP contribution in [0.1, 0.15) is 258 Å². The summed E-state index contributed by atoms with van der Waals surface area (Å²) < 4.78 is 16.8. The molecule has 6 nitrogen and oxygen atoms in total. The molecule has 0 radical (unpaired) electrons. The lowest BCUT2D eigenvalue weighted by atomic mass is 10.0. The van der Waals surface area contributed by atoms with Gasteiger partial charge in [-0.2, -0.15) is 0 Å². The summed E-state index contributed by atoms with van der Waals surface area (Å²) in [5, 5.41) is 0. The highest BCUT2D eigenvalue weighted by Gasteiger charge is 2.19. The van der Waals surface area contributed by atoms with Crippen molar-refractivity contribution in [2.24, 2.45) is 0 Å². The summed E-state index contributed by atoms with van der Waals surface area (Å²) >= 11 is 0. The molecule has 0 saturated heterocycles. The van der Waals surface area contributed by atoms with E-state index in [1.807, 2.05) is 0 Å². The smallest absolute Gasteiger partial charge is 0.306 e. The number of esters is 3. The van der Waals surface area contributed by atoms with Crippen molar-refractivity contribution >= 4 is 17.9 Å². The van der Waals surface area contributed by atoms with Gasteiger partial charge in [-0.15, -0.1) is 0 Å². The third-order valence-electron chi connectivity index (χ3n) is 11.6. The van der Waals surface area contributed by atoms with Gasteiger partial charge in [0.05, 0.1) is 0 Å². The summed E-state index contributed by atoms with van der Waals surface area (Å²) in [6, 6.07) is 0. The van der Waals surface area contributed by atoms with E-state index < -0.39 is 6.10 Å². The van der Waals surface area contributed by atoms with Gasteiger partial charge in [-0.05, 0) is 89.9 Å². The summed E-state index contributed by atoms with van der Waals surface area (Å²) in [7, 11) is 0. The van der Waals surface area contributed by atoms with E-state index in [-0.39, 0.29) is 31.1 Å². The van der Waals surface area contributed by atoms with Crippen molar-refractivity contribution in [1.29, 1.82) is 0 Å². The van der Waals surface area contributed by atoms with Gasteiger partial charge in [-0.25, -0.2) is 0 Å². The first-order valence-corrected chi connectivity index (χ1v) is 27.6. The molecule has 0 heterocycles. The Hall–Kier alpha value is -3.41. The minimum absolute atomic E-state index is 0.0842. The van der Waals surface area contributed by atoms with Crippen LogP contribution in [0.2, 0.25) is 0 Å². The Kier molecular flexibility index (Phi) is 51.4. The minimum Gasteiger partial charge on any atom is -0.462 e. The lowest BCUT2D eigenvalue weighted by Gasteiger charge is -2.18. The molecule has 0 rings (SSSR count). The molecule has 6 heteroatoms. The maximum Gasteiger partial charge on any atom is 0.306 e. The van der Waals surface area contributed by atoms with Crippen LogP contribution < -0.4 is 0 Å². The van der Waals surface area contributed by atoms with E-state index in [4.69, 9.17) is 14.2 Å². The van der Waals surface area contributed by atoms with Crippen LogP contribution in [0, 0.1) is 0 Å². The van der Waals surface area contributed by atoms with Crippen LogP contribution in [0.15, 0.2) is 85.1 Å². The maximum atomic E-state index is 12.8. The quantitative estimate of drug-likeness (QED) is 0.0262. The third kappa shape index (κ3) is 51.6. The Morgan fingerprint density at radius 2 is 0.621 bits per heavy atom. The van der Waals surface area contributed by atoms with E-state index in [1.54, 1.807) is 0 Å². The van der Waals surface area contributed by atoms with Crippen LogP contribution in [0.5, 0.6) is 0 Å². The fourth-order valence-corrected chi connectivity index (χ4v) is 7.51. The van der Waals surface area contributed by atoms with Crippen molar-refractivity contribution in [2.45, 2.75) is 264 Å². The van der Waals surface area contributed by atoms with Gasteiger partial charge in [0.1, 0.15) is 13.2 Å². The predicted molar refractivity (Wildman–Crippen MR) is 284 cm³/mol. The van der Waals surface area contributed by atoms with Crippen molar-refractivity contribution in [1.82, 2.24) is 0 Å². The van der Waals surface area contributed by atoms with Gasteiger partial charge in [0, 0.05) is 19.3 Å². The molecule has 1 atom stereocenters. The molecule has 0 aliphatic carbocycles. The van der Waals surface area contributed by atoms with Crippen molar-refractivity contribution < 1.29 is 28.6 Å². The van der Waals surface area contributed by atoms with E-state index >= 15 is 0 Å². The molecule has 1 unspecified atom stereocenters. The average Bonchev–Trinajstić information content (AvgIpc) is 3.31. The molecule has 0 aromatic heterocycles. The number of ether oxygens (including phenoxy) is 3. The van der Waals surface area contributed by atoms with Crippen LogP contribution in [-0.2, 0) is 28.6 Å². The Labute approximate surface area is 407 Å². The number of allylic oxidation sites excluding steroid dienone is 14. The summed E-state index contributed by atoms with van der Waals surface area (Å²) in [5.74, 6) is -0.907. The van der Waals surface area contributed by atoms with E-state index in [0.29, 0.717) is 19.3 Å². The SMILES string of the molecule is CC/C=C\C/C=C\C/C=C\C/C=C\C/C=C\CCCCCCCCCC(=O)OCC(COC(=O)CCCCCCCCCCCCCC)OC(=O)CCCCCCC/C=C\C/C=C\CCC. The van der Waals surface area contributed by atoms with Gasteiger partial charge >= 0.3 is 17.9 Å². The van der Waals surface area contributed by atoms with E-state index in [9.17, 15) is 14.4 Å². The highest BCUT2D eigenvalue weighted by Crippen LogP contribution is 2.15. The molecule has 66 heavy (non-hydrogen) atoms. The second-order valence-electron chi connectivity index (χ2n) is 18.1. The lowest BCUT2D eigenvalue weighted by molar-refractivity contribution is -0.167. The number of carbonyl (C=O) groups is 3. The van der Waals surface area contributed by atoms with Crippen molar-refractivity contribution in [3.05, 3.63) is 85.1 Å². The molecule has 0 N–H and O–H groups in total. The zero-order chi connectivity index (χ0) is 47.9. The van der Waals surface area contributed by atoms with E-state index in [2.05, 4.69) is 106 Å². The first kappa shape index (κ1) is 62.6. The lowest BCUT2D eigenvalue weighted by Crippen LogP contribution is -2.30. The highest BCUT2D eigenvalue weighted by atomic mass is 16.6. The minimum atomic E-state index is -0.786. The Bertz CT molecular complexity index is 1290. The molecule has 378 valence electrons. The number of hydrogen-bond donors (Lipinski definition) is 0. The standard InChI is InChI=1S/C60H102O6/c1-4-7-10-13-16-19-22-25-26-27-28-29-30-31-32-33-34-36-38-41-44-47-50-53-59(62)65-56-57(55-64-58(61)52-49-46-43-40-37-24-21-18-15-12-9-6-3)66-60(63)54-51-48-45-42-39-35-23-20-17-14-11-8-5-2/h7,10-11,14,16,19-20,23,25-26,28-29,31-32,57H,4-6,8-9,12-13,15,17-18,21-22,24,27,30,33-56H2,1-3H3/b10-7-,14-11-,19-16-,23-20-,26-25-,29-28-,32-31-. The molecule has 0 spiro atoms. The topological polar surface area (TPSA) is 78.9 Å². The number of hydrogen-bond acceptors (Lipinski definition) is 6. The molecule has 0 bridgehead atoms. The van der Waals surface area contributed by atoms with Crippen molar-refractivity contribution in [3.63, 3.8) is 0 Å². The van der Waals surface area contributed by atoms with Crippen LogP contribution in [0.3, 0.4) is 0 Å². The summed E-state index contributed by atoms with van der Waals surface area (Å²) in [5.41, 5.74) is 0. The summed E-state index contributed by atoms with van der Waals surface area (Å²) in [6.45, 7) is 6.44. The Morgan fingerprint density at radius 1 is 0.318 bits per heavy atom. The predicted octanol–water partition coefficient (Wildman–Crippen LogP) is 18.4. The zero-order valence-electron chi connectivity index (χ0n) is 43.2. The molecule has 0 saturated carbocycles. The van der Waals surface area contributed by atoms with Gasteiger partial charge in [-0.1, -0.05) is 234 Å². The molecule has 0 aromatic carbocycles. The summed E-state index contributed by atoms with van der Waals surface area (Å²) in [4.78, 5) is 38.0. The van der Waals surface area contributed by atoms with Crippen LogP contribution in [-0.4, -0.2) is 37.2 Å². The van der Waals surface area contributed by atoms with Crippen LogP contribution in [0.4, 0.5) is 0 Å². The molecular weight excluding hydrogens is 817 g/mol. The molecule has 0 aliphatic rings. The zero-order valence-corrected chi connectivity index (χ0v) is 43.2. The fourth-order valence-electron chi connectivity index (χ4n) is 7.51. The van der Waals surface area contributed by atoms with Crippen molar-refractivity contribution in [2.75, 3.05) is 13.2 Å². The molecule has 0 amide bonds. The van der Waals surface area contributed by atoms with Crippen LogP contribution >= 0.6 is 0 Å². The second kappa shape index (κ2) is 54.2. The molecule has 0 aromatic rings. The third-order valence-corrected chi connectivity index (χ3v) is 11.6. The second-order valence-corrected chi connectivity index (χ2v) is 18.1. The summed E-state index contributed by atoms with van der Waals surface area (Å²) in [6.07, 6.45) is 70.0. The molecule has 0 fully saturated rings. The van der Waals surface area contributed by atoms with Gasteiger partial charge < -0.3 is 14.2 Å². The van der Waals surface area contributed by atoms with Gasteiger partial charge in [0.2, 0.25) is 0 Å². The largest absolute Gasteiger partial charge is 0.462 e. The number of unbranched alkanes of at least 4 members (excludes halogenated alkanes) is 24. The molecule has 0 aliphatic heterocycles. The molecular formula is C60H102O6. The number of rotatable bonds is 49. The Morgan fingerprint density at radius 3 is 0.985 bits per heavy atom. The monoisotopic (exact) mass is 919 g/mol. The first-order valence-electron chi connectivity index (χ1n) is 27.6. The average molecular weight is 919 g/mol. The normalized spacial score (nSPS) is 12.7. The maximum absolute atomic E-state index is 12.8. The first-order chi connectivity index (χ1) is 32.5. The van der Waals surface area contributed by atoms with Gasteiger partial charge in [-0.3, -0.25) is 14.4 Å². The highest BCUT2D eigenvalue weighted by molar-refractivity contribution is 5.71. The van der Waals surface area contributed by atoms with Gasteiger partial charge in [0.25, 0.3) is 0 Å². The fraction of sp³-hybridized carbons (Fsp3) is 0.717. The van der Waals surface area contributed by atoms with Crippen molar-refractivity contribution in [3.8, 4) is 0 Å². The van der Waals surface area contributed by atoms with E-state index in [0.717, 1.165) is 128 Å². The Balaban J connectivity index is 4.34. The number of carbonyl (C=O) groups excluding carboxylic acids is 3. The van der Waals surface area contributed by atoms with Crippen LogP contribution in [0.25, 0.3) is 0 Å². The van der Waals surface area contributed by atoms with E-state index in [1.165, 1.54) is 89.9 Å². The van der Waals surface area contributed by atoms with Gasteiger partial charge in [0.15, 0.2) is 6.10 Å².